The molecule has 1 aromatic rings. The van der Waals surface area contributed by atoms with Gasteiger partial charge in [-0.2, -0.15) is 13.2 Å². The highest BCUT2D eigenvalue weighted by Gasteiger charge is 2.30. The first-order chi connectivity index (χ1) is 6.45. The molecule has 0 aliphatic heterocycles. The number of carbonyl (C=O) groups excluding carboxylic acids is 1. The van der Waals surface area contributed by atoms with E-state index in [9.17, 15) is 18.0 Å². The Hall–Kier alpha value is -1.56. The standard InChI is InChI=1S/C8H7F3N2O/c9-8(10,11)6-1-3-7(4-2-6)13(12)5-14/h1-5H,12H2. The zero-order chi connectivity index (χ0) is 10.8. The summed E-state index contributed by atoms with van der Waals surface area (Å²) in [6, 6.07) is 3.96. The second-order valence-corrected chi connectivity index (χ2v) is 2.56. The van der Waals surface area contributed by atoms with Crippen molar-refractivity contribution in [3.63, 3.8) is 0 Å². The van der Waals surface area contributed by atoms with Crippen molar-refractivity contribution in [3.8, 4) is 0 Å². The molecule has 0 aliphatic rings. The number of nitrogens with zero attached hydrogens (tertiary/aromatic N) is 1. The molecule has 3 nitrogen and oxygen atoms in total. The zero-order valence-corrected chi connectivity index (χ0v) is 6.95. The lowest BCUT2D eigenvalue weighted by Crippen LogP contribution is -2.28. The Bertz CT molecular complexity index is 320. The predicted molar refractivity (Wildman–Crippen MR) is 44.2 cm³/mol. The summed E-state index contributed by atoms with van der Waals surface area (Å²) in [5.74, 6) is 5.14. The van der Waals surface area contributed by atoms with Gasteiger partial charge in [-0.3, -0.25) is 9.80 Å². The zero-order valence-electron chi connectivity index (χ0n) is 6.95. The highest BCUT2D eigenvalue weighted by atomic mass is 19.4. The average molecular weight is 204 g/mol. The molecule has 0 fully saturated rings. The van der Waals surface area contributed by atoms with Gasteiger partial charge in [0.2, 0.25) is 6.41 Å². The molecule has 0 aliphatic carbocycles. The molecule has 0 aromatic heterocycles. The van der Waals surface area contributed by atoms with E-state index in [1.807, 2.05) is 0 Å². The van der Waals surface area contributed by atoms with Crippen molar-refractivity contribution in [1.29, 1.82) is 0 Å². The van der Waals surface area contributed by atoms with Crippen LogP contribution in [0.1, 0.15) is 5.56 Å². The Morgan fingerprint density at radius 1 is 1.21 bits per heavy atom. The molecular weight excluding hydrogens is 197 g/mol. The van der Waals surface area contributed by atoms with Gasteiger partial charge < -0.3 is 0 Å². The van der Waals surface area contributed by atoms with Crippen molar-refractivity contribution in [2.75, 3.05) is 5.01 Å². The van der Waals surface area contributed by atoms with Gasteiger partial charge in [-0.25, -0.2) is 5.84 Å². The van der Waals surface area contributed by atoms with E-state index in [4.69, 9.17) is 5.84 Å². The molecule has 1 amide bonds. The SMILES string of the molecule is NN(C=O)c1ccc(C(F)(F)F)cc1. The van der Waals surface area contributed by atoms with Crippen LogP contribution in [0, 0.1) is 0 Å². The van der Waals surface area contributed by atoms with Crippen LogP contribution in [0.4, 0.5) is 18.9 Å². The summed E-state index contributed by atoms with van der Waals surface area (Å²) in [6.07, 6.45) is -4.07. The summed E-state index contributed by atoms with van der Waals surface area (Å²) >= 11 is 0. The molecule has 0 unspecified atom stereocenters. The van der Waals surface area contributed by atoms with E-state index in [-0.39, 0.29) is 5.69 Å². The number of hydrogen-bond donors (Lipinski definition) is 1. The van der Waals surface area contributed by atoms with Crippen LogP contribution in [-0.4, -0.2) is 6.41 Å². The van der Waals surface area contributed by atoms with Crippen LogP contribution in [0.15, 0.2) is 24.3 Å². The van der Waals surface area contributed by atoms with E-state index >= 15 is 0 Å². The number of alkyl halides is 3. The lowest BCUT2D eigenvalue weighted by atomic mass is 10.2. The maximum absolute atomic E-state index is 12.1. The molecule has 6 heteroatoms. The number of hydrogen-bond acceptors (Lipinski definition) is 2. The van der Waals surface area contributed by atoms with Crippen molar-refractivity contribution in [2.45, 2.75) is 6.18 Å². The fourth-order valence-electron chi connectivity index (χ4n) is 0.883. The smallest absolute Gasteiger partial charge is 0.277 e. The van der Waals surface area contributed by atoms with Gasteiger partial charge in [-0.15, -0.1) is 0 Å². The van der Waals surface area contributed by atoms with Crippen LogP contribution >= 0.6 is 0 Å². The van der Waals surface area contributed by atoms with Crippen LogP contribution in [0.5, 0.6) is 0 Å². The molecule has 14 heavy (non-hydrogen) atoms. The van der Waals surface area contributed by atoms with E-state index in [1.54, 1.807) is 0 Å². The van der Waals surface area contributed by atoms with Crippen LogP contribution in [0.3, 0.4) is 0 Å². The first kappa shape index (κ1) is 10.5. The molecule has 76 valence electrons. The number of amides is 1. The molecule has 1 aromatic carbocycles. The molecule has 0 spiro atoms. The van der Waals surface area contributed by atoms with Crippen molar-refractivity contribution < 1.29 is 18.0 Å². The molecule has 0 heterocycles. The first-order valence-corrected chi connectivity index (χ1v) is 3.61. The third kappa shape index (κ3) is 2.23. The van der Waals surface area contributed by atoms with Crippen molar-refractivity contribution in [1.82, 2.24) is 0 Å². The van der Waals surface area contributed by atoms with Crippen molar-refractivity contribution in [2.24, 2.45) is 5.84 Å². The summed E-state index contributed by atoms with van der Waals surface area (Å²) in [4.78, 5) is 10.2. The van der Waals surface area contributed by atoms with Gasteiger partial charge in [0.25, 0.3) is 0 Å². The van der Waals surface area contributed by atoms with E-state index in [2.05, 4.69) is 0 Å². The maximum atomic E-state index is 12.1. The Morgan fingerprint density at radius 3 is 2.07 bits per heavy atom. The van der Waals surface area contributed by atoms with E-state index < -0.39 is 11.7 Å². The van der Waals surface area contributed by atoms with Gasteiger partial charge in [0.1, 0.15) is 0 Å². The number of hydrazine groups is 1. The van der Waals surface area contributed by atoms with Crippen LogP contribution in [-0.2, 0) is 11.0 Å². The molecule has 0 atom stereocenters. The third-order valence-electron chi connectivity index (χ3n) is 1.61. The highest BCUT2D eigenvalue weighted by Crippen LogP contribution is 2.29. The fraction of sp³-hybridized carbons (Fsp3) is 0.125. The molecule has 0 bridgehead atoms. The molecule has 0 saturated carbocycles. The number of halogens is 3. The minimum Gasteiger partial charge on any atom is -0.277 e. The van der Waals surface area contributed by atoms with Crippen LogP contribution in [0.25, 0.3) is 0 Å². The molecule has 1 rings (SSSR count). The quantitative estimate of drug-likeness (QED) is 0.344. The van der Waals surface area contributed by atoms with E-state index in [0.29, 0.717) is 11.4 Å². The largest absolute Gasteiger partial charge is 0.416 e. The Kier molecular flexibility index (Phi) is 2.76. The topological polar surface area (TPSA) is 46.3 Å². The lowest BCUT2D eigenvalue weighted by molar-refractivity contribution is -0.137. The summed E-state index contributed by atoms with van der Waals surface area (Å²) in [5.41, 5.74) is -0.575. The summed E-state index contributed by atoms with van der Waals surface area (Å²) in [6.45, 7) is 0. The van der Waals surface area contributed by atoms with Crippen molar-refractivity contribution in [3.05, 3.63) is 29.8 Å². The summed E-state index contributed by atoms with van der Waals surface area (Å²) in [5, 5.41) is 0.695. The maximum Gasteiger partial charge on any atom is 0.416 e. The number of benzene rings is 1. The number of rotatable bonds is 2. The van der Waals surface area contributed by atoms with Gasteiger partial charge in [0.15, 0.2) is 0 Å². The Labute approximate surface area is 77.9 Å². The van der Waals surface area contributed by atoms with E-state index in [0.717, 1.165) is 24.3 Å². The van der Waals surface area contributed by atoms with Crippen molar-refractivity contribution >= 4 is 12.1 Å². The highest BCUT2D eigenvalue weighted by molar-refractivity contribution is 5.73. The molecule has 2 N–H and O–H groups in total. The van der Waals surface area contributed by atoms with Gasteiger partial charge in [-0.1, -0.05) is 0 Å². The second kappa shape index (κ2) is 3.67. The summed E-state index contributed by atoms with van der Waals surface area (Å²) in [7, 11) is 0. The minimum absolute atomic E-state index is 0.202. The van der Waals surface area contributed by atoms with Gasteiger partial charge in [0.05, 0.1) is 11.3 Å². The van der Waals surface area contributed by atoms with Gasteiger partial charge in [0, 0.05) is 0 Å². The third-order valence-corrected chi connectivity index (χ3v) is 1.61. The Balaban J connectivity index is 2.95. The van der Waals surface area contributed by atoms with Gasteiger partial charge in [-0.05, 0) is 24.3 Å². The van der Waals surface area contributed by atoms with Crippen LogP contribution in [0.2, 0.25) is 0 Å². The number of nitrogens with two attached hydrogens (primary N) is 1. The Morgan fingerprint density at radius 2 is 1.71 bits per heavy atom. The monoisotopic (exact) mass is 204 g/mol. The predicted octanol–water partition coefficient (Wildman–Crippen LogP) is 1.54. The lowest BCUT2D eigenvalue weighted by Gasteiger charge is -2.11. The number of anilines is 1. The molecule has 0 saturated heterocycles. The fourth-order valence-corrected chi connectivity index (χ4v) is 0.883. The molecule has 0 radical (unpaired) electrons. The average Bonchev–Trinajstić information content (AvgIpc) is 2.15. The normalized spacial score (nSPS) is 11.1. The number of carbonyl (C=O) groups is 1. The van der Waals surface area contributed by atoms with Gasteiger partial charge >= 0.3 is 6.18 Å². The van der Waals surface area contributed by atoms with Crippen LogP contribution < -0.4 is 10.9 Å². The second-order valence-electron chi connectivity index (χ2n) is 2.56. The minimum atomic E-state index is -4.38. The molecular formula is C8H7F3N2O. The van der Waals surface area contributed by atoms with E-state index in [1.165, 1.54) is 0 Å². The first-order valence-electron chi connectivity index (χ1n) is 3.61. The summed E-state index contributed by atoms with van der Waals surface area (Å²) < 4.78 is 36.3.